The summed E-state index contributed by atoms with van der Waals surface area (Å²) < 4.78 is 5.17. The Balaban J connectivity index is 1.20. The predicted octanol–water partition coefficient (Wildman–Crippen LogP) is 13.3. The molecular weight excluding hydrogens is 597 g/mol. The van der Waals surface area contributed by atoms with E-state index in [2.05, 4.69) is 168 Å². The first-order valence-electron chi connectivity index (χ1n) is 15.4. The highest BCUT2D eigenvalue weighted by molar-refractivity contribution is 7.26. The van der Waals surface area contributed by atoms with E-state index in [0.29, 0.717) is 0 Å². The highest BCUT2D eigenvalue weighted by Gasteiger charge is 2.19. The summed E-state index contributed by atoms with van der Waals surface area (Å²) in [6, 6.07) is 59.0. The van der Waals surface area contributed by atoms with Crippen molar-refractivity contribution in [1.82, 2.24) is 0 Å². The van der Waals surface area contributed by atoms with E-state index >= 15 is 0 Å². The highest BCUT2D eigenvalue weighted by atomic mass is 32.1. The van der Waals surface area contributed by atoms with Gasteiger partial charge in [0.1, 0.15) is 0 Å². The van der Waals surface area contributed by atoms with Crippen molar-refractivity contribution in [2.45, 2.75) is 0 Å². The molecule has 0 aliphatic rings. The molecule has 46 heavy (non-hydrogen) atoms. The molecular formula is C42H28N2S2. The Morgan fingerprint density at radius 3 is 1.91 bits per heavy atom. The van der Waals surface area contributed by atoms with Crippen molar-refractivity contribution in [1.29, 1.82) is 0 Å². The van der Waals surface area contributed by atoms with Crippen molar-refractivity contribution in [3.63, 3.8) is 0 Å². The third-order valence-electron chi connectivity index (χ3n) is 8.63. The van der Waals surface area contributed by atoms with Crippen LogP contribution in [0.4, 0.5) is 28.4 Å². The Labute approximate surface area is 275 Å². The van der Waals surface area contributed by atoms with Crippen LogP contribution in [0.2, 0.25) is 0 Å². The minimum absolute atomic E-state index is 1.09. The van der Waals surface area contributed by atoms with Crippen LogP contribution in [0.25, 0.3) is 51.5 Å². The number of para-hydroxylation sites is 1. The lowest BCUT2D eigenvalue weighted by molar-refractivity contribution is 1.31. The van der Waals surface area contributed by atoms with Crippen molar-refractivity contribution in [3.8, 4) is 11.1 Å². The average molecular weight is 625 g/mol. The summed E-state index contributed by atoms with van der Waals surface area (Å²) in [5.41, 5.74) is 8.10. The molecule has 0 fully saturated rings. The molecule has 2 nitrogen and oxygen atoms in total. The van der Waals surface area contributed by atoms with Gasteiger partial charge >= 0.3 is 0 Å². The zero-order valence-corrected chi connectivity index (χ0v) is 26.5. The lowest BCUT2D eigenvalue weighted by atomic mass is 10.0. The fraction of sp³-hybridized carbons (Fsp3) is 0. The zero-order chi connectivity index (χ0) is 30.5. The average Bonchev–Trinajstić information content (AvgIpc) is 3.68. The number of benzene rings is 7. The maximum atomic E-state index is 3.57. The summed E-state index contributed by atoms with van der Waals surface area (Å²) in [6.45, 7) is 0. The SMILES string of the molecule is c1ccc(Nc2ccc3sc4cc(N(c5ccc(-c6ccccc6)cc5)c5cccc6sc7ccccc7c56)ccc4c3c2)cc1. The monoisotopic (exact) mass is 624 g/mol. The topological polar surface area (TPSA) is 15.3 Å². The van der Waals surface area contributed by atoms with Gasteiger partial charge in [0.15, 0.2) is 0 Å². The Morgan fingerprint density at radius 1 is 0.391 bits per heavy atom. The fourth-order valence-electron chi connectivity index (χ4n) is 6.47. The van der Waals surface area contributed by atoms with Crippen LogP contribution < -0.4 is 10.2 Å². The number of hydrogen-bond acceptors (Lipinski definition) is 4. The van der Waals surface area contributed by atoms with Crippen molar-refractivity contribution in [3.05, 3.63) is 164 Å². The van der Waals surface area contributed by atoms with E-state index in [9.17, 15) is 0 Å². The molecule has 0 unspecified atom stereocenters. The number of anilines is 5. The minimum atomic E-state index is 1.09. The normalized spacial score (nSPS) is 11.5. The van der Waals surface area contributed by atoms with Gasteiger partial charge in [-0.25, -0.2) is 0 Å². The molecule has 0 bridgehead atoms. The van der Waals surface area contributed by atoms with Gasteiger partial charge in [0, 0.05) is 63.1 Å². The maximum absolute atomic E-state index is 3.57. The quantitative estimate of drug-likeness (QED) is 0.198. The number of rotatable bonds is 6. The van der Waals surface area contributed by atoms with E-state index in [1.54, 1.807) is 0 Å². The second kappa shape index (κ2) is 11.2. The molecule has 218 valence electrons. The lowest BCUT2D eigenvalue weighted by Crippen LogP contribution is -2.10. The molecule has 0 atom stereocenters. The molecule has 7 aromatic carbocycles. The summed E-state index contributed by atoms with van der Waals surface area (Å²) in [5.74, 6) is 0. The fourth-order valence-corrected chi connectivity index (χ4v) is 8.72. The van der Waals surface area contributed by atoms with Crippen LogP contribution in [-0.4, -0.2) is 0 Å². The lowest BCUT2D eigenvalue weighted by Gasteiger charge is -2.27. The predicted molar refractivity (Wildman–Crippen MR) is 202 cm³/mol. The summed E-state index contributed by atoms with van der Waals surface area (Å²) >= 11 is 3.71. The molecule has 1 N–H and O–H groups in total. The number of fused-ring (bicyclic) bond motifs is 6. The van der Waals surface area contributed by atoms with Gasteiger partial charge in [0.25, 0.3) is 0 Å². The van der Waals surface area contributed by atoms with Gasteiger partial charge < -0.3 is 10.2 Å². The minimum Gasteiger partial charge on any atom is -0.356 e. The third kappa shape index (κ3) is 4.71. The molecule has 0 saturated heterocycles. The summed E-state index contributed by atoms with van der Waals surface area (Å²) in [6.07, 6.45) is 0. The Bertz CT molecular complexity index is 2490. The number of nitrogens with one attached hydrogen (secondary N) is 1. The molecule has 9 rings (SSSR count). The number of thiophene rings is 2. The van der Waals surface area contributed by atoms with E-state index in [4.69, 9.17) is 0 Å². The first-order valence-corrected chi connectivity index (χ1v) is 17.1. The maximum Gasteiger partial charge on any atom is 0.0554 e. The third-order valence-corrected chi connectivity index (χ3v) is 10.9. The van der Waals surface area contributed by atoms with Crippen LogP contribution in [0, 0.1) is 0 Å². The molecule has 0 saturated carbocycles. The zero-order valence-electron chi connectivity index (χ0n) is 24.9. The molecule has 2 heterocycles. The number of hydrogen-bond donors (Lipinski definition) is 1. The van der Waals surface area contributed by atoms with Gasteiger partial charge in [-0.1, -0.05) is 91.0 Å². The van der Waals surface area contributed by atoms with Crippen molar-refractivity contribution < 1.29 is 0 Å². The van der Waals surface area contributed by atoms with Gasteiger partial charge in [-0.2, -0.15) is 0 Å². The molecule has 9 aromatic rings. The van der Waals surface area contributed by atoms with E-state index in [1.165, 1.54) is 57.2 Å². The van der Waals surface area contributed by atoms with Crippen molar-refractivity contribution in [2.75, 3.05) is 10.2 Å². The summed E-state index contributed by atoms with van der Waals surface area (Å²) in [7, 11) is 0. The Hall–Kier alpha value is -5.42. The van der Waals surface area contributed by atoms with E-state index in [1.807, 2.05) is 28.7 Å². The molecule has 0 aliphatic carbocycles. The molecule has 0 amide bonds. The van der Waals surface area contributed by atoms with Gasteiger partial charge in [0.2, 0.25) is 0 Å². The van der Waals surface area contributed by atoms with Crippen LogP contribution in [0.15, 0.2) is 164 Å². The van der Waals surface area contributed by atoms with Crippen molar-refractivity contribution >= 4 is 91.5 Å². The van der Waals surface area contributed by atoms with Gasteiger partial charge in [-0.15, -0.1) is 22.7 Å². The second-order valence-electron chi connectivity index (χ2n) is 11.5. The van der Waals surface area contributed by atoms with Crippen LogP contribution in [0.5, 0.6) is 0 Å². The highest BCUT2D eigenvalue weighted by Crippen LogP contribution is 2.46. The molecule has 0 spiro atoms. The molecule has 0 radical (unpaired) electrons. The Kier molecular flexibility index (Phi) is 6.55. The molecule has 4 heteroatoms. The van der Waals surface area contributed by atoms with E-state index in [-0.39, 0.29) is 0 Å². The second-order valence-corrected chi connectivity index (χ2v) is 13.6. The van der Waals surface area contributed by atoms with Gasteiger partial charge in [0.05, 0.1) is 5.69 Å². The van der Waals surface area contributed by atoms with Crippen LogP contribution in [0.1, 0.15) is 0 Å². The summed E-state index contributed by atoms with van der Waals surface area (Å²) in [4.78, 5) is 2.43. The van der Waals surface area contributed by atoms with Crippen LogP contribution in [-0.2, 0) is 0 Å². The molecule has 2 aromatic heterocycles. The van der Waals surface area contributed by atoms with Crippen LogP contribution >= 0.6 is 22.7 Å². The largest absolute Gasteiger partial charge is 0.356 e. The number of nitrogens with zero attached hydrogens (tertiary/aromatic N) is 1. The van der Waals surface area contributed by atoms with E-state index in [0.717, 1.165) is 22.7 Å². The first-order chi connectivity index (χ1) is 22.8. The van der Waals surface area contributed by atoms with Crippen LogP contribution in [0.3, 0.4) is 0 Å². The van der Waals surface area contributed by atoms with Gasteiger partial charge in [-0.05, 0) is 83.9 Å². The standard InChI is InChI=1S/C42H28N2S2/c1-3-10-28(11-4-1)29-18-21-32(22-19-29)44(37-15-9-17-40-42(37)35-14-7-8-16-38(35)45-40)33-23-24-34-36-26-31(43-30-12-5-2-6-13-30)20-25-39(36)46-41(34)27-33/h1-27,43H. The Morgan fingerprint density at radius 2 is 1.07 bits per heavy atom. The first kappa shape index (κ1) is 26.9. The smallest absolute Gasteiger partial charge is 0.0554 e. The van der Waals surface area contributed by atoms with Gasteiger partial charge in [-0.3, -0.25) is 0 Å². The van der Waals surface area contributed by atoms with E-state index < -0.39 is 0 Å². The summed E-state index contributed by atoms with van der Waals surface area (Å²) in [5, 5.41) is 8.71. The molecule has 0 aliphatic heterocycles. The van der Waals surface area contributed by atoms with Crippen molar-refractivity contribution in [2.24, 2.45) is 0 Å².